The van der Waals surface area contributed by atoms with E-state index >= 15 is 0 Å². The van der Waals surface area contributed by atoms with Crippen LogP contribution < -0.4 is 0 Å². The van der Waals surface area contributed by atoms with Gasteiger partial charge in [0.1, 0.15) is 18.0 Å². The first-order chi connectivity index (χ1) is 10.2. The molecule has 21 heavy (non-hydrogen) atoms. The summed E-state index contributed by atoms with van der Waals surface area (Å²) < 4.78 is 16.4. The van der Waals surface area contributed by atoms with Crippen LogP contribution in [0.2, 0.25) is 0 Å². The van der Waals surface area contributed by atoms with Gasteiger partial charge in [-0.1, -0.05) is 18.2 Å². The lowest BCUT2D eigenvalue weighted by Crippen LogP contribution is -2.34. The van der Waals surface area contributed by atoms with E-state index in [9.17, 15) is 10.0 Å². The van der Waals surface area contributed by atoms with Gasteiger partial charge in [0.25, 0.3) is 0 Å². The van der Waals surface area contributed by atoms with Crippen molar-refractivity contribution in [1.29, 1.82) is 0 Å². The first-order valence-corrected chi connectivity index (χ1v) is 6.99. The Morgan fingerprint density at radius 1 is 1.19 bits per heavy atom. The van der Waals surface area contributed by atoms with Crippen LogP contribution in [0.25, 0.3) is 0 Å². The predicted octanol–water partition coefficient (Wildman–Crippen LogP) is 1.15. The van der Waals surface area contributed by atoms with Gasteiger partial charge < -0.3 is 24.3 Å². The van der Waals surface area contributed by atoms with Gasteiger partial charge in [-0.15, -0.1) is 0 Å². The summed E-state index contributed by atoms with van der Waals surface area (Å²) >= 11 is 0. The highest BCUT2D eigenvalue weighted by atomic mass is 16.5. The normalized spacial score (nSPS) is 25.0. The van der Waals surface area contributed by atoms with Gasteiger partial charge in [-0.25, -0.2) is 0 Å². The van der Waals surface area contributed by atoms with E-state index in [1.165, 1.54) is 7.11 Å². The molecule has 0 aromatic rings. The van der Waals surface area contributed by atoms with Crippen LogP contribution in [0.3, 0.4) is 0 Å². The van der Waals surface area contributed by atoms with Crippen molar-refractivity contribution in [2.45, 2.75) is 25.0 Å². The molecule has 0 saturated heterocycles. The van der Waals surface area contributed by atoms with Crippen molar-refractivity contribution in [3.63, 3.8) is 0 Å². The van der Waals surface area contributed by atoms with Gasteiger partial charge in [-0.2, -0.15) is 0 Å². The molecule has 5 nitrogen and oxygen atoms in total. The van der Waals surface area contributed by atoms with Crippen LogP contribution in [0.1, 0.15) is 12.8 Å². The van der Waals surface area contributed by atoms with Gasteiger partial charge in [0, 0.05) is 12.6 Å². The van der Waals surface area contributed by atoms with Crippen molar-refractivity contribution < 1.29 is 24.3 Å². The maximum absolute atomic E-state index is 9.36. The number of ether oxygens (including phenoxy) is 3. The lowest BCUT2D eigenvalue weighted by molar-refractivity contribution is -0.00466. The molecule has 0 heterocycles. The third-order valence-corrected chi connectivity index (χ3v) is 3.55. The Morgan fingerprint density at radius 3 is 2.57 bits per heavy atom. The maximum Gasteiger partial charge on any atom is 0.492 e. The topological polar surface area (TPSA) is 68.2 Å². The fourth-order valence-corrected chi connectivity index (χ4v) is 2.41. The molecule has 0 aromatic carbocycles. The van der Waals surface area contributed by atoms with E-state index in [1.807, 2.05) is 0 Å². The molecular weight excluding hydrogens is 271 g/mol. The second-order valence-corrected chi connectivity index (χ2v) is 4.97. The number of allylic oxidation sites excluding steroid dienone is 3. The Hall–Kier alpha value is -1.34. The van der Waals surface area contributed by atoms with Gasteiger partial charge in [-0.3, -0.25) is 0 Å². The van der Waals surface area contributed by atoms with Crippen LogP contribution in [0.4, 0.5) is 0 Å². The van der Waals surface area contributed by atoms with Gasteiger partial charge in [0.2, 0.25) is 0 Å². The molecule has 2 rings (SSSR count). The molecule has 0 aliphatic heterocycles. The average Bonchev–Trinajstić information content (AvgIpc) is 2.52. The van der Waals surface area contributed by atoms with Crippen LogP contribution in [0, 0.1) is 0 Å². The highest BCUT2D eigenvalue weighted by molar-refractivity contribution is 6.52. The Labute approximate surface area is 125 Å². The van der Waals surface area contributed by atoms with Crippen molar-refractivity contribution in [3.8, 4) is 0 Å². The molecule has 0 aromatic heterocycles. The second kappa shape index (κ2) is 7.61. The van der Waals surface area contributed by atoms with E-state index in [-0.39, 0.29) is 12.2 Å². The van der Waals surface area contributed by atoms with Gasteiger partial charge in [0.15, 0.2) is 0 Å². The molecule has 0 radical (unpaired) electrons. The average molecular weight is 292 g/mol. The van der Waals surface area contributed by atoms with E-state index in [4.69, 9.17) is 14.2 Å². The Morgan fingerprint density at radius 2 is 2.00 bits per heavy atom. The van der Waals surface area contributed by atoms with E-state index < -0.39 is 7.12 Å². The smallest absolute Gasteiger partial charge is 0.492 e. The number of hydrogen-bond acceptors (Lipinski definition) is 5. The third-order valence-electron chi connectivity index (χ3n) is 3.55. The van der Waals surface area contributed by atoms with Gasteiger partial charge >= 0.3 is 7.12 Å². The van der Waals surface area contributed by atoms with Crippen molar-refractivity contribution in [2.24, 2.45) is 0 Å². The Balaban J connectivity index is 2.06. The molecule has 6 heteroatoms. The highest BCUT2D eigenvalue weighted by Crippen LogP contribution is 2.25. The zero-order valence-corrected chi connectivity index (χ0v) is 12.4. The van der Waals surface area contributed by atoms with Gasteiger partial charge in [0.05, 0.1) is 13.7 Å². The standard InChI is InChI=1S/C15H21BO5/c1-19-13-9-15(14(20-2)8-12(13)16(17)18)21-10-11-6-4-3-5-7-11/h4,6-9,14-15,17-18H,3,5,10H2,1-2H3. The molecule has 0 spiro atoms. The van der Waals surface area contributed by atoms with Crippen molar-refractivity contribution >= 4 is 7.12 Å². The molecule has 2 N–H and O–H groups in total. The lowest BCUT2D eigenvalue weighted by atomic mass is 9.74. The molecule has 0 bridgehead atoms. The summed E-state index contributed by atoms with van der Waals surface area (Å²) in [5.74, 6) is 0.400. The minimum Gasteiger partial charge on any atom is -0.497 e. The molecule has 114 valence electrons. The van der Waals surface area contributed by atoms with Crippen LogP contribution >= 0.6 is 0 Å². The highest BCUT2D eigenvalue weighted by Gasteiger charge is 2.31. The minimum atomic E-state index is -1.60. The molecule has 2 aliphatic rings. The number of hydrogen-bond donors (Lipinski definition) is 2. The molecule has 0 fully saturated rings. The fourth-order valence-electron chi connectivity index (χ4n) is 2.41. The van der Waals surface area contributed by atoms with Crippen LogP contribution in [-0.2, 0) is 14.2 Å². The summed E-state index contributed by atoms with van der Waals surface area (Å²) in [5.41, 5.74) is 1.43. The van der Waals surface area contributed by atoms with E-state index in [1.54, 1.807) is 19.3 Å². The summed E-state index contributed by atoms with van der Waals surface area (Å²) in [7, 11) is 1.45. The summed E-state index contributed by atoms with van der Waals surface area (Å²) in [5, 5.41) is 18.7. The maximum atomic E-state index is 9.36. The summed E-state index contributed by atoms with van der Waals surface area (Å²) in [6.45, 7) is 0.485. The summed E-state index contributed by atoms with van der Waals surface area (Å²) in [4.78, 5) is 0. The van der Waals surface area contributed by atoms with E-state index in [2.05, 4.69) is 18.2 Å². The molecule has 2 unspecified atom stereocenters. The van der Waals surface area contributed by atoms with Gasteiger partial charge in [-0.05, 0) is 30.6 Å². The summed E-state index contributed by atoms with van der Waals surface area (Å²) in [6.07, 6.45) is 11.1. The van der Waals surface area contributed by atoms with Crippen molar-refractivity contribution in [2.75, 3.05) is 20.8 Å². The van der Waals surface area contributed by atoms with Crippen molar-refractivity contribution in [3.05, 3.63) is 47.2 Å². The Kier molecular flexibility index (Phi) is 5.81. The monoisotopic (exact) mass is 292 g/mol. The largest absolute Gasteiger partial charge is 0.497 e. The third kappa shape index (κ3) is 4.08. The fraction of sp³-hybridized carbons (Fsp3) is 0.467. The minimum absolute atomic E-state index is 0.293. The SMILES string of the molecule is COC1=CC(OCC2=CCCC=C2)C(OC)C=C1B(O)O. The van der Waals surface area contributed by atoms with Crippen LogP contribution in [0.5, 0.6) is 0 Å². The van der Waals surface area contributed by atoms with E-state index in [0.29, 0.717) is 17.8 Å². The molecule has 0 saturated carbocycles. The Bertz CT molecular complexity index is 478. The number of methoxy groups -OCH3 is 2. The van der Waals surface area contributed by atoms with Crippen molar-refractivity contribution in [1.82, 2.24) is 0 Å². The zero-order chi connectivity index (χ0) is 15.2. The number of rotatable bonds is 6. The predicted molar refractivity (Wildman–Crippen MR) is 80.4 cm³/mol. The van der Waals surface area contributed by atoms with E-state index in [0.717, 1.165) is 18.4 Å². The molecular formula is C15H21BO5. The second-order valence-electron chi connectivity index (χ2n) is 4.97. The first-order valence-electron chi connectivity index (χ1n) is 6.99. The van der Waals surface area contributed by atoms with Crippen LogP contribution in [0.15, 0.2) is 47.2 Å². The quantitative estimate of drug-likeness (QED) is 0.719. The molecule has 2 atom stereocenters. The lowest BCUT2D eigenvalue weighted by Gasteiger charge is -2.28. The van der Waals surface area contributed by atoms with Crippen LogP contribution in [-0.4, -0.2) is 50.2 Å². The molecule has 0 amide bonds. The first kappa shape index (κ1) is 16.0. The zero-order valence-electron chi connectivity index (χ0n) is 12.4. The molecule has 2 aliphatic carbocycles. The summed E-state index contributed by atoms with van der Waals surface area (Å²) in [6, 6.07) is 0.